The Morgan fingerprint density at radius 3 is 2.45 bits per heavy atom. The van der Waals surface area contributed by atoms with Crippen molar-refractivity contribution in [3.05, 3.63) is 100 Å². The van der Waals surface area contributed by atoms with Crippen molar-refractivity contribution in [2.24, 2.45) is 0 Å². The average molecular weight is 389 g/mol. The van der Waals surface area contributed by atoms with E-state index in [4.69, 9.17) is 0 Å². The van der Waals surface area contributed by atoms with E-state index in [-0.39, 0.29) is 17.8 Å². The standard InChI is InChI=1S/C23H20FN3O2/c1-16-7-8-20(19(24)13-16)25-21(28)15-27-12-10-18-9-11-26(22(18)23(27)29)14-17-5-3-2-4-6-17/h2-13H,14-15H2,1H3,(H,25,28). The molecule has 0 saturated carbocycles. The number of hydrogen-bond donors (Lipinski definition) is 1. The van der Waals surface area contributed by atoms with Crippen LogP contribution in [0.5, 0.6) is 0 Å². The maximum Gasteiger partial charge on any atom is 0.275 e. The van der Waals surface area contributed by atoms with Crippen molar-refractivity contribution in [2.75, 3.05) is 5.32 Å². The number of fused-ring (bicyclic) bond motifs is 1. The highest BCUT2D eigenvalue weighted by Crippen LogP contribution is 2.16. The maximum atomic E-state index is 14.0. The Morgan fingerprint density at radius 1 is 1.00 bits per heavy atom. The molecule has 1 amide bonds. The van der Waals surface area contributed by atoms with E-state index in [1.165, 1.54) is 16.7 Å². The lowest BCUT2D eigenvalue weighted by Crippen LogP contribution is -2.28. The van der Waals surface area contributed by atoms with E-state index in [2.05, 4.69) is 5.32 Å². The van der Waals surface area contributed by atoms with Crippen molar-refractivity contribution < 1.29 is 9.18 Å². The molecule has 0 radical (unpaired) electrons. The summed E-state index contributed by atoms with van der Waals surface area (Å²) in [5.41, 5.74) is 2.21. The van der Waals surface area contributed by atoms with Crippen molar-refractivity contribution in [1.29, 1.82) is 0 Å². The SMILES string of the molecule is Cc1ccc(NC(=O)Cn2ccc3ccn(Cc4ccccc4)c3c2=O)c(F)c1. The van der Waals surface area contributed by atoms with Gasteiger partial charge >= 0.3 is 0 Å². The number of carbonyl (C=O) groups excluding carboxylic acids is 1. The van der Waals surface area contributed by atoms with Crippen LogP contribution in [0.1, 0.15) is 11.1 Å². The molecule has 29 heavy (non-hydrogen) atoms. The fourth-order valence-electron chi connectivity index (χ4n) is 3.35. The molecule has 0 aliphatic carbocycles. The number of pyridine rings is 1. The average Bonchev–Trinajstić information content (AvgIpc) is 3.10. The van der Waals surface area contributed by atoms with E-state index in [0.29, 0.717) is 12.1 Å². The summed E-state index contributed by atoms with van der Waals surface area (Å²) in [6.07, 6.45) is 3.45. The van der Waals surface area contributed by atoms with E-state index < -0.39 is 11.7 Å². The van der Waals surface area contributed by atoms with Gasteiger partial charge in [-0.15, -0.1) is 0 Å². The van der Waals surface area contributed by atoms with E-state index in [1.54, 1.807) is 25.3 Å². The van der Waals surface area contributed by atoms with Gasteiger partial charge in [0.2, 0.25) is 5.91 Å². The molecule has 146 valence electrons. The molecule has 2 heterocycles. The molecular weight excluding hydrogens is 369 g/mol. The second-order valence-electron chi connectivity index (χ2n) is 7.01. The molecule has 0 saturated heterocycles. The number of nitrogens with one attached hydrogen (secondary N) is 1. The lowest BCUT2D eigenvalue weighted by atomic mass is 10.2. The van der Waals surface area contributed by atoms with Crippen LogP contribution in [0, 0.1) is 12.7 Å². The van der Waals surface area contributed by atoms with Crippen LogP contribution in [-0.4, -0.2) is 15.0 Å². The van der Waals surface area contributed by atoms with E-state index in [9.17, 15) is 14.0 Å². The zero-order valence-corrected chi connectivity index (χ0v) is 15.9. The van der Waals surface area contributed by atoms with Crippen LogP contribution in [0.3, 0.4) is 0 Å². The van der Waals surface area contributed by atoms with Crippen LogP contribution in [-0.2, 0) is 17.9 Å². The second kappa shape index (κ2) is 7.75. The first-order chi connectivity index (χ1) is 14.0. The first-order valence-corrected chi connectivity index (χ1v) is 9.29. The van der Waals surface area contributed by atoms with Gasteiger partial charge < -0.3 is 14.5 Å². The molecule has 0 aliphatic heterocycles. The Morgan fingerprint density at radius 2 is 1.72 bits per heavy atom. The summed E-state index contributed by atoms with van der Waals surface area (Å²) in [6, 6.07) is 18.1. The predicted octanol–water partition coefficient (Wildman–Crippen LogP) is 3.94. The molecular formula is C23H20FN3O2. The zero-order chi connectivity index (χ0) is 20.4. The Bertz CT molecular complexity index is 1240. The smallest absolute Gasteiger partial charge is 0.275 e. The molecule has 0 spiro atoms. The lowest BCUT2D eigenvalue weighted by Gasteiger charge is -2.10. The molecule has 2 aromatic carbocycles. The molecule has 0 bridgehead atoms. The van der Waals surface area contributed by atoms with Crippen LogP contribution in [0.2, 0.25) is 0 Å². The molecule has 0 atom stereocenters. The lowest BCUT2D eigenvalue weighted by molar-refractivity contribution is -0.116. The summed E-state index contributed by atoms with van der Waals surface area (Å²) in [5.74, 6) is -0.965. The number of rotatable bonds is 5. The third-order valence-corrected chi connectivity index (χ3v) is 4.80. The highest BCUT2D eigenvalue weighted by atomic mass is 19.1. The van der Waals surface area contributed by atoms with Crippen LogP contribution in [0.4, 0.5) is 10.1 Å². The van der Waals surface area contributed by atoms with Gasteiger partial charge in [-0.1, -0.05) is 36.4 Å². The third-order valence-electron chi connectivity index (χ3n) is 4.80. The highest BCUT2D eigenvalue weighted by molar-refractivity contribution is 5.91. The van der Waals surface area contributed by atoms with Gasteiger partial charge in [0.15, 0.2) is 0 Å². The molecule has 6 heteroatoms. The maximum absolute atomic E-state index is 14.0. The van der Waals surface area contributed by atoms with E-state index in [0.717, 1.165) is 16.5 Å². The summed E-state index contributed by atoms with van der Waals surface area (Å²) in [6.45, 7) is 2.14. The Labute approximate surface area is 167 Å². The van der Waals surface area contributed by atoms with Crippen LogP contribution >= 0.6 is 0 Å². The van der Waals surface area contributed by atoms with Crippen LogP contribution in [0.15, 0.2) is 77.9 Å². The number of nitrogens with zero attached hydrogens (tertiary/aromatic N) is 2. The Balaban J connectivity index is 1.59. The molecule has 0 aliphatic rings. The first-order valence-electron chi connectivity index (χ1n) is 9.29. The van der Waals surface area contributed by atoms with Gasteiger partial charge in [-0.05, 0) is 42.3 Å². The number of aromatic nitrogens is 2. The number of aryl methyl sites for hydroxylation is 1. The van der Waals surface area contributed by atoms with Gasteiger partial charge in [-0.25, -0.2) is 4.39 Å². The summed E-state index contributed by atoms with van der Waals surface area (Å²) < 4.78 is 17.2. The van der Waals surface area contributed by atoms with E-state index in [1.807, 2.05) is 47.2 Å². The number of anilines is 1. The minimum Gasteiger partial charge on any atom is -0.339 e. The fraction of sp³-hybridized carbons (Fsp3) is 0.130. The molecule has 2 aromatic heterocycles. The largest absolute Gasteiger partial charge is 0.339 e. The predicted molar refractivity (Wildman–Crippen MR) is 112 cm³/mol. The fourth-order valence-corrected chi connectivity index (χ4v) is 3.35. The Hall–Kier alpha value is -3.67. The van der Waals surface area contributed by atoms with Crippen molar-refractivity contribution in [3.63, 3.8) is 0 Å². The minimum absolute atomic E-state index is 0.0992. The molecule has 1 N–H and O–H groups in total. The van der Waals surface area contributed by atoms with Gasteiger partial charge in [0.1, 0.15) is 17.9 Å². The van der Waals surface area contributed by atoms with Gasteiger partial charge in [0.05, 0.1) is 5.69 Å². The topological polar surface area (TPSA) is 56.0 Å². The number of benzene rings is 2. The first kappa shape index (κ1) is 18.7. The summed E-state index contributed by atoms with van der Waals surface area (Å²) >= 11 is 0. The Kier molecular flexibility index (Phi) is 4.99. The van der Waals surface area contributed by atoms with Crippen molar-refractivity contribution >= 4 is 22.5 Å². The molecule has 0 fully saturated rings. The quantitative estimate of drug-likeness (QED) is 0.562. The summed E-state index contributed by atoms with van der Waals surface area (Å²) in [4.78, 5) is 25.4. The van der Waals surface area contributed by atoms with Crippen molar-refractivity contribution in [1.82, 2.24) is 9.13 Å². The summed E-state index contributed by atoms with van der Waals surface area (Å²) in [5, 5.41) is 3.34. The molecule has 4 aromatic rings. The number of amides is 1. The van der Waals surface area contributed by atoms with Gasteiger partial charge in [0.25, 0.3) is 5.56 Å². The van der Waals surface area contributed by atoms with Crippen molar-refractivity contribution in [2.45, 2.75) is 20.0 Å². The van der Waals surface area contributed by atoms with Crippen molar-refractivity contribution in [3.8, 4) is 0 Å². The number of carbonyl (C=O) groups is 1. The van der Waals surface area contributed by atoms with Gasteiger partial charge in [0, 0.05) is 24.3 Å². The molecule has 4 rings (SSSR count). The van der Waals surface area contributed by atoms with Gasteiger partial charge in [-0.2, -0.15) is 0 Å². The van der Waals surface area contributed by atoms with Gasteiger partial charge in [-0.3, -0.25) is 9.59 Å². The second-order valence-corrected chi connectivity index (χ2v) is 7.01. The normalized spacial score (nSPS) is 11.0. The third kappa shape index (κ3) is 3.96. The number of halogens is 1. The van der Waals surface area contributed by atoms with Crippen LogP contribution < -0.4 is 10.9 Å². The monoisotopic (exact) mass is 389 g/mol. The molecule has 0 unspecified atom stereocenters. The molecule has 5 nitrogen and oxygen atoms in total. The zero-order valence-electron chi connectivity index (χ0n) is 15.9. The number of hydrogen-bond acceptors (Lipinski definition) is 2. The highest BCUT2D eigenvalue weighted by Gasteiger charge is 2.12. The van der Waals surface area contributed by atoms with Crippen LogP contribution in [0.25, 0.3) is 10.9 Å². The van der Waals surface area contributed by atoms with E-state index >= 15 is 0 Å². The summed E-state index contributed by atoms with van der Waals surface area (Å²) in [7, 11) is 0. The minimum atomic E-state index is -0.502.